The summed E-state index contributed by atoms with van der Waals surface area (Å²) in [5, 5.41) is 0. The van der Waals surface area contributed by atoms with Crippen molar-refractivity contribution in [2.24, 2.45) is 0 Å². The molecule has 3 atom stereocenters. The number of amides is 1. The molecular formula is C30H28F6N2O2. The lowest BCUT2D eigenvalue weighted by Gasteiger charge is -2.45. The van der Waals surface area contributed by atoms with Crippen LogP contribution in [0.3, 0.4) is 0 Å². The molecule has 10 heteroatoms. The highest BCUT2D eigenvalue weighted by Gasteiger charge is 2.43. The maximum Gasteiger partial charge on any atom is 0.416 e. The lowest BCUT2D eigenvalue weighted by atomic mass is 9.70. The molecule has 2 fully saturated rings. The monoisotopic (exact) mass is 562 g/mol. The maximum absolute atomic E-state index is 13.8. The van der Waals surface area contributed by atoms with Crippen LogP contribution in [0.2, 0.25) is 0 Å². The van der Waals surface area contributed by atoms with E-state index in [4.69, 9.17) is 4.74 Å². The Morgan fingerprint density at radius 1 is 0.725 bits per heavy atom. The predicted molar refractivity (Wildman–Crippen MR) is 138 cm³/mol. The van der Waals surface area contributed by atoms with Gasteiger partial charge in [0.15, 0.2) is 0 Å². The summed E-state index contributed by atoms with van der Waals surface area (Å²) in [5.74, 6) is -0.842. The van der Waals surface area contributed by atoms with Crippen LogP contribution in [0.1, 0.15) is 52.1 Å². The van der Waals surface area contributed by atoms with E-state index in [1.54, 1.807) is 0 Å². The van der Waals surface area contributed by atoms with E-state index < -0.39 is 35.4 Å². The van der Waals surface area contributed by atoms with Gasteiger partial charge in [0.25, 0.3) is 0 Å². The van der Waals surface area contributed by atoms with Crippen molar-refractivity contribution in [1.29, 1.82) is 0 Å². The highest BCUT2D eigenvalue weighted by Crippen LogP contribution is 2.51. The zero-order valence-electron chi connectivity index (χ0n) is 21.5. The molecule has 2 aliphatic rings. The molecule has 3 aromatic carbocycles. The summed E-state index contributed by atoms with van der Waals surface area (Å²) >= 11 is 0. The lowest BCUT2D eigenvalue weighted by Crippen LogP contribution is -2.41. The molecule has 1 unspecified atom stereocenters. The standard InChI is InChI=1S/C30H28F6N2O2/c31-29(32,33)23-16-22(17-24(18-23)30(34,35)36)28-27(21-6-8-25(9-7-21)37-12-14-40-15-13-37)26(10-11-38(28)19-39)20-4-2-1-3-5-20/h1-9,16-19,26-28H,10-15H2/t26?,27-,28-/m1/s1. The quantitative estimate of drug-likeness (QED) is 0.247. The normalized spacial score (nSPS) is 22.3. The third-order valence-electron chi connectivity index (χ3n) is 7.80. The fourth-order valence-electron chi connectivity index (χ4n) is 5.92. The van der Waals surface area contributed by atoms with Gasteiger partial charge < -0.3 is 14.5 Å². The second-order valence-corrected chi connectivity index (χ2v) is 10.1. The smallest absolute Gasteiger partial charge is 0.378 e. The van der Waals surface area contributed by atoms with Crippen LogP contribution in [-0.2, 0) is 21.9 Å². The molecule has 0 aliphatic carbocycles. The van der Waals surface area contributed by atoms with Gasteiger partial charge in [-0.15, -0.1) is 0 Å². The van der Waals surface area contributed by atoms with E-state index in [2.05, 4.69) is 4.90 Å². The summed E-state index contributed by atoms with van der Waals surface area (Å²) < 4.78 is 88.2. The van der Waals surface area contributed by atoms with E-state index in [1.807, 2.05) is 54.6 Å². The number of hydrogen-bond acceptors (Lipinski definition) is 3. The van der Waals surface area contributed by atoms with Gasteiger partial charge in [-0.2, -0.15) is 26.3 Å². The largest absolute Gasteiger partial charge is 0.416 e. The van der Waals surface area contributed by atoms with Crippen molar-refractivity contribution in [2.45, 2.75) is 36.7 Å². The van der Waals surface area contributed by atoms with Crippen LogP contribution in [0.4, 0.5) is 32.0 Å². The van der Waals surface area contributed by atoms with Crippen LogP contribution in [0.5, 0.6) is 0 Å². The molecule has 2 heterocycles. The van der Waals surface area contributed by atoms with Crippen molar-refractivity contribution in [1.82, 2.24) is 4.90 Å². The molecule has 0 spiro atoms. The van der Waals surface area contributed by atoms with Gasteiger partial charge in [-0.3, -0.25) is 4.79 Å². The second-order valence-electron chi connectivity index (χ2n) is 10.1. The van der Waals surface area contributed by atoms with Crippen molar-refractivity contribution in [3.05, 3.63) is 101 Å². The third-order valence-corrected chi connectivity index (χ3v) is 7.80. The first-order chi connectivity index (χ1) is 19.1. The Morgan fingerprint density at radius 3 is 1.88 bits per heavy atom. The predicted octanol–water partition coefficient (Wildman–Crippen LogP) is 7.03. The number of hydrogen-bond donors (Lipinski definition) is 0. The highest BCUT2D eigenvalue weighted by atomic mass is 19.4. The zero-order chi connectivity index (χ0) is 28.5. The van der Waals surface area contributed by atoms with Crippen LogP contribution in [0.25, 0.3) is 0 Å². The number of ether oxygens (including phenoxy) is 1. The molecule has 0 saturated carbocycles. The Balaban J connectivity index is 1.66. The number of halogens is 6. The Hall–Kier alpha value is -3.53. The zero-order valence-corrected chi connectivity index (χ0v) is 21.5. The van der Waals surface area contributed by atoms with Gasteiger partial charge in [-0.25, -0.2) is 0 Å². The summed E-state index contributed by atoms with van der Waals surface area (Å²) in [5.41, 5.74) is -0.409. The molecule has 3 aromatic rings. The van der Waals surface area contributed by atoms with Crippen molar-refractivity contribution < 1.29 is 35.9 Å². The number of benzene rings is 3. The summed E-state index contributed by atoms with van der Waals surface area (Å²) in [6.07, 6.45) is -8.97. The fourth-order valence-corrected chi connectivity index (χ4v) is 5.92. The molecule has 40 heavy (non-hydrogen) atoms. The van der Waals surface area contributed by atoms with E-state index in [1.165, 1.54) is 4.90 Å². The number of rotatable bonds is 5. The Kier molecular flexibility index (Phi) is 7.81. The Morgan fingerprint density at radius 2 is 1.32 bits per heavy atom. The number of anilines is 1. The minimum absolute atomic E-state index is 0.123. The Labute approximate surface area is 228 Å². The topological polar surface area (TPSA) is 32.8 Å². The molecule has 2 saturated heterocycles. The summed E-state index contributed by atoms with van der Waals surface area (Å²) in [7, 11) is 0. The van der Waals surface area contributed by atoms with Gasteiger partial charge in [0, 0.05) is 31.2 Å². The molecule has 5 rings (SSSR count). The number of carbonyl (C=O) groups excluding carboxylic acids is 1. The fraction of sp³-hybridized carbons (Fsp3) is 0.367. The molecule has 0 N–H and O–H groups in total. The molecule has 1 amide bonds. The highest BCUT2D eigenvalue weighted by molar-refractivity contribution is 5.54. The third kappa shape index (κ3) is 5.82. The van der Waals surface area contributed by atoms with Gasteiger partial charge in [0.05, 0.1) is 30.4 Å². The molecule has 0 bridgehead atoms. The van der Waals surface area contributed by atoms with E-state index in [9.17, 15) is 31.1 Å². The van der Waals surface area contributed by atoms with Gasteiger partial charge in [-0.05, 0) is 59.4 Å². The van der Waals surface area contributed by atoms with Crippen molar-refractivity contribution in [3.8, 4) is 0 Å². The van der Waals surface area contributed by atoms with E-state index in [-0.39, 0.29) is 24.1 Å². The van der Waals surface area contributed by atoms with Gasteiger partial charge in [0.1, 0.15) is 0 Å². The SMILES string of the molecule is O=CN1CCC(c2ccccc2)[C@@H](c2ccc(N3CCOCC3)cc2)[C@H]1c1cc(C(F)(F)F)cc(C(F)(F)F)c1. The number of nitrogens with zero attached hydrogens (tertiary/aromatic N) is 2. The van der Waals surface area contributed by atoms with Crippen molar-refractivity contribution in [2.75, 3.05) is 37.7 Å². The second kappa shape index (κ2) is 11.2. The number of morpholine rings is 1. The minimum Gasteiger partial charge on any atom is -0.378 e. The number of alkyl halides is 6. The molecule has 0 radical (unpaired) electrons. The first kappa shape index (κ1) is 28.0. The first-order valence-electron chi connectivity index (χ1n) is 13.0. The summed E-state index contributed by atoms with van der Waals surface area (Å²) in [4.78, 5) is 15.7. The molecule has 4 nitrogen and oxygen atoms in total. The van der Waals surface area contributed by atoms with Gasteiger partial charge >= 0.3 is 12.4 Å². The van der Waals surface area contributed by atoms with Gasteiger partial charge in [0.2, 0.25) is 6.41 Å². The number of carbonyl (C=O) groups is 1. The van der Waals surface area contributed by atoms with E-state index in [0.29, 0.717) is 39.1 Å². The van der Waals surface area contributed by atoms with Gasteiger partial charge in [-0.1, -0.05) is 42.5 Å². The Bertz CT molecular complexity index is 1270. The molecule has 2 aliphatic heterocycles. The molecule has 212 valence electrons. The first-order valence-corrected chi connectivity index (χ1v) is 13.0. The number of piperidine rings is 1. The number of likely N-dealkylation sites (tertiary alicyclic amines) is 1. The average Bonchev–Trinajstić information content (AvgIpc) is 2.96. The van der Waals surface area contributed by atoms with Crippen LogP contribution in [0.15, 0.2) is 72.8 Å². The van der Waals surface area contributed by atoms with Crippen LogP contribution in [0, 0.1) is 0 Å². The van der Waals surface area contributed by atoms with Crippen molar-refractivity contribution >= 4 is 12.1 Å². The van der Waals surface area contributed by atoms with Crippen molar-refractivity contribution in [3.63, 3.8) is 0 Å². The van der Waals surface area contributed by atoms with Crippen LogP contribution in [-0.4, -0.2) is 44.2 Å². The van der Waals surface area contributed by atoms with E-state index >= 15 is 0 Å². The minimum atomic E-state index is -5.00. The summed E-state index contributed by atoms with van der Waals surface area (Å²) in [6.45, 7) is 2.79. The summed E-state index contributed by atoms with van der Waals surface area (Å²) in [6, 6.07) is 17.5. The van der Waals surface area contributed by atoms with Crippen LogP contribution < -0.4 is 4.90 Å². The van der Waals surface area contributed by atoms with Crippen LogP contribution >= 0.6 is 0 Å². The average molecular weight is 563 g/mol. The molecular weight excluding hydrogens is 534 g/mol. The maximum atomic E-state index is 13.8. The lowest BCUT2D eigenvalue weighted by molar-refractivity contribution is -0.143. The molecule has 0 aromatic heterocycles. The van der Waals surface area contributed by atoms with E-state index in [0.717, 1.165) is 28.9 Å².